The van der Waals surface area contributed by atoms with Gasteiger partial charge in [-0.3, -0.25) is 38.1 Å². The zero-order valence-electron chi connectivity index (χ0n) is 95.9. The van der Waals surface area contributed by atoms with Crippen LogP contribution in [0.1, 0.15) is 396 Å². The number of anilines is 4. The number of furan rings is 2. The van der Waals surface area contributed by atoms with E-state index in [0.717, 1.165) is 0 Å². The van der Waals surface area contributed by atoms with Crippen LogP contribution in [0.4, 0.5) is 22.7 Å². The molecule has 0 aliphatic carbocycles. The van der Waals surface area contributed by atoms with Gasteiger partial charge in [-0.25, -0.2) is 33.7 Å². The van der Waals surface area contributed by atoms with Crippen LogP contribution in [0.15, 0.2) is 318 Å². The molecule has 12 aromatic rings. The third-order valence-corrected chi connectivity index (χ3v) is 20.0. The largest absolute Gasteiger partial charge is 0.472 e. The number of para-hydroxylation sites is 4. The van der Waals surface area contributed by atoms with Gasteiger partial charge in [0.15, 0.2) is 17.3 Å². The SMILES string of the molecule is CC.CC.CC.CC.CC.CC.CC.CC.CC.CC.CC.CC.CC.CC.CC.CC.CC.CC.CC.CC.CC.CC.CC.CC.O=C(c1ccco1)c1ccccc1NS(=O)(=O)c1ccccc1.O=C(c1cccs1)c1ccccc1NS(=O)(=O)c1ccccc1.O=C(c1ccoc1)c1ccccc1NS(=O)(=O)c1ccccc1.O=C(c1ccsc1)c1ccccc1NS(=O)(=O)c1ccccc1. The van der Waals surface area contributed by atoms with Crippen LogP contribution < -0.4 is 18.9 Å². The molecule has 12 rings (SSSR count). The number of nitrogens with one attached hydrogen (secondary N) is 4. The van der Waals surface area contributed by atoms with Gasteiger partial charge in [-0.15, -0.1) is 11.3 Å². The van der Waals surface area contributed by atoms with E-state index in [1.165, 1.54) is 108 Å². The van der Waals surface area contributed by atoms with Gasteiger partial charge in [0.2, 0.25) is 11.6 Å². The van der Waals surface area contributed by atoms with Crippen LogP contribution >= 0.6 is 22.7 Å². The van der Waals surface area contributed by atoms with Gasteiger partial charge in [0.25, 0.3) is 40.1 Å². The summed E-state index contributed by atoms with van der Waals surface area (Å²) in [5.74, 6) is -0.966. The highest BCUT2D eigenvalue weighted by atomic mass is 32.2. The molecule has 0 aliphatic heterocycles. The second-order valence-corrected chi connectivity index (χ2v) is 27.6. The van der Waals surface area contributed by atoms with E-state index in [2.05, 4.69) is 18.9 Å². The minimum atomic E-state index is -3.77. The molecule has 140 heavy (non-hydrogen) atoms. The number of sulfonamides is 4. The zero-order valence-corrected chi connectivity index (χ0v) is 101. The Morgan fingerprint density at radius 3 is 0.671 bits per heavy atom. The topological polar surface area (TPSA) is 279 Å². The molecule has 0 bridgehead atoms. The molecule has 0 radical (unpaired) electrons. The summed E-state index contributed by atoms with van der Waals surface area (Å²) in [7, 11) is -15.0. The van der Waals surface area contributed by atoms with E-state index >= 15 is 0 Å². The van der Waals surface area contributed by atoms with Crippen molar-refractivity contribution < 1.29 is 61.7 Å². The number of carbonyl (C=O) groups is 4. The van der Waals surface area contributed by atoms with Crippen LogP contribution in [0, 0.1) is 0 Å². The lowest BCUT2D eigenvalue weighted by molar-refractivity contribution is 0.101. The normalized spacial score (nSPS) is 8.34. The maximum Gasteiger partial charge on any atom is 0.261 e. The van der Waals surface area contributed by atoms with Crippen molar-refractivity contribution in [2.75, 3.05) is 18.9 Å². The van der Waals surface area contributed by atoms with Gasteiger partial charge in [0.05, 0.1) is 65.3 Å². The molecule has 0 aliphatic rings. The molecule has 4 aromatic heterocycles. The number of carbonyl (C=O) groups excluding carboxylic acids is 4. The molecule has 0 unspecified atom stereocenters. The minimum absolute atomic E-state index is 0.125. The summed E-state index contributed by atoms with van der Waals surface area (Å²) in [6.45, 7) is 96.0. The van der Waals surface area contributed by atoms with Crippen molar-refractivity contribution >= 4 is 109 Å². The summed E-state index contributed by atoms with van der Waals surface area (Å²) in [4.78, 5) is 51.0. The standard InChI is InChI=1S/2C17H13NO4S.2C17H13NO3S2.24C2H6/c19-17(16-11-6-12-22-16)14-9-4-5-10-15(14)18-23(20,21)13-7-2-1-3-8-13;19-17(13-10-11-22-12-13)15-8-4-5-9-16(15)18-23(20,21)14-6-2-1-3-7-14;19-17(16-11-6-12-22-16)14-9-4-5-10-15(14)18-23(20,21)13-7-2-1-3-8-13;19-17(13-10-11-22-12-13)15-8-4-5-9-16(15)18-23(20,21)14-6-2-1-3-7-14;24*1-2/h4*1-12,18H;24*1-2H3. The molecule has 0 spiro atoms. The molecule has 24 heteroatoms. The van der Waals surface area contributed by atoms with E-state index in [-0.39, 0.29) is 82.4 Å². The lowest BCUT2D eigenvalue weighted by atomic mass is 10.0. The average molecular weight is 2060 g/mol. The van der Waals surface area contributed by atoms with Crippen molar-refractivity contribution in [1.82, 2.24) is 0 Å². The molecule has 0 saturated heterocycles. The molecule has 8 aromatic carbocycles. The highest BCUT2D eigenvalue weighted by molar-refractivity contribution is 7.93. The third-order valence-electron chi connectivity index (χ3n) is 12.9. The number of rotatable bonds is 20. The van der Waals surface area contributed by atoms with Crippen molar-refractivity contribution in [3.8, 4) is 0 Å². The molecule has 4 N–H and O–H groups in total. The second-order valence-electron chi connectivity index (χ2n) is 19.2. The Labute approximate surface area is 868 Å². The van der Waals surface area contributed by atoms with Gasteiger partial charge in [-0.1, -0.05) is 460 Å². The summed E-state index contributed by atoms with van der Waals surface area (Å²) in [6.07, 6.45) is 4.11. The van der Waals surface area contributed by atoms with Crippen molar-refractivity contribution in [3.63, 3.8) is 0 Å². The lowest BCUT2D eigenvalue weighted by Crippen LogP contribution is -2.15. The summed E-state index contributed by atoms with van der Waals surface area (Å²) >= 11 is 2.74. The summed E-state index contributed by atoms with van der Waals surface area (Å²) in [5.41, 5.74) is 3.01. The molecule has 800 valence electrons. The first-order valence-corrected chi connectivity index (χ1v) is 59.0. The molecule has 0 amide bonds. The Morgan fingerprint density at radius 1 is 0.221 bits per heavy atom. The van der Waals surface area contributed by atoms with Gasteiger partial charge < -0.3 is 8.83 Å². The maximum absolute atomic E-state index is 12.5. The first kappa shape index (κ1) is 166. The number of thiophene rings is 2. The monoisotopic (exact) mass is 2060 g/mol. The van der Waals surface area contributed by atoms with Crippen molar-refractivity contribution in [2.24, 2.45) is 0 Å². The van der Waals surface area contributed by atoms with E-state index in [4.69, 9.17) is 8.83 Å². The van der Waals surface area contributed by atoms with Crippen molar-refractivity contribution in [3.05, 3.63) is 334 Å². The Hall–Kier alpha value is -10.6. The summed E-state index contributed by atoms with van der Waals surface area (Å²) in [5, 5.41) is 5.36. The van der Waals surface area contributed by atoms with E-state index in [1.807, 2.05) is 343 Å². The van der Waals surface area contributed by atoms with E-state index in [9.17, 15) is 52.8 Å². The van der Waals surface area contributed by atoms with Crippen molar-refractivity contribution in [1.29, 1.82) is 0 Å². The minimum Gasteiger partial charge on any atom is -0.472 e. The highest BCUT2D eigenvalue weighted by Crippen LogP contribution is 2.29. The molecule has 0 atom stereocenters. The fraction of sp³-hybridized carbons (Fsp3) is 0.414. The maximum atomic E-state index is 12.5. The van der Waals surface area contributed by atoms with Gasteiger partial charge in [-0.05, 0) is 138 Å². The van der Waals surface area contributed by atoms with Crippen LogP contribution in [-0.4, -0.2) is 56.8 Å². The van der Waals surface area contributed by atoms with Gasteiger partial charge >= 0.3 is 0 Å². The predicted molar refractivity (Wildman–Crippen MR) is 627 cm³/mol. The fourth-order valence-electron chi connectivity index (χ4n) is 8.47. The van der Waals surface area contributed by atoms with Crippen LogP contribution in [0.25, 0.3) is 0 Å². The van der Waals surface area contributed by atoms with Gasteiger partial charge in [-0.2, -0.15) is 11.3 Å². The second kappa shape index (κ2) is 124. The van der Waals surface area contributed by atoms with Crippen LogP contribution in [-0.2, 0) is 40.1 Å². The Morgan fingerprint density at radius 2 is 0.457 bits per heavy atom. The Bertz CT molecular complexity index is 4310. The zero-order chi connectivity index (χ0) is 113. The van der Waals surface area contributed by atoms with Crippen LogP contribution in [0.2, 0.25) is 0 Å². The van der Waals surface area contributed by atoms with Gasteiger partial charge in [0.1, 0.15) is 6.26 Å². The number of ketones is 4. The average Bonchev–Trinajstić information content (AvgIpc) is 1.49. The van der Waals surface area contributed by atoms with E-state index in [0.29, 0.717) is 27.1 Å². The fourth-order valence-corrected chi connectivity index (χ4v) is 14.2. The number of hydrogen-bond donors (Lipinski definition) is 4. The predicted octanol–water partition coefficient (Wildman–Crippen LogP) is 38.8. The summed E-state index contributed by atoms with van der Waals surface area (Å²) < 4.78 is 119. The van der Waals surface area contributed by atoms with Crippen LogP contribution in [0.5, 0.6) is 0 Å². The highest BCUT2D eigenvalue weighted by Gasteiger charge is 2.25. The van der Waals surface area contributed by atoms with Crippen LogP contribution in [0.3, 0.4) is 0 Å². The first-order chi connectivity index (χ1) is 68.3. The molecular weight excluding hydrogens is 1870 g/mol. The molecule has 18 nitrogen and oxygen atoms in total. The number of benzene rings is 8. The Balaban J connectivity index is -0.0000000911. The van der Waals surface area contributed by atoms with Crippen molar-refractivity contribution in [2.45, 2.75) is 352 Å². The third kappa shape index (κ3) is 70.9. The first-order valence-electron chi connectivity index (χ1n) is 51.3. The van der Waals surface area contributed by atoms with E-state index in [1.54, 1.807) is 193 Å². The smallest absolute Gasteiger partial charge is 0.261 e. The molecule has 4 heterocycles. The summed E-state index contributed by atoms with van der Waals surface area (Å²) in [6, 6.07) is 68.0. The molecule has 0 fully saturated rings. The molecule has 0 saturated carbocycles. The quantitative estimate of drug-likeness (QED) is 0.0517. The van der Waals surface area contributed by atoms with E-state index < -0.39 is 40.1 Å². The molecular formula is C116H196N4O14S6. The van der Waals surface area contributed by atoms with Gasteiger partial charge in [0, 0.05) is 33.2 Å². The lowest BCUT2D eigenvalue weighted by Gasteiger charge is -2.11. The Kier molecular flexibility index (Phi) is 147. The number of hydrogen-bond acceptors (Lipinski definition) is 16.